The van der Waals surface area contributed by atoms with Crippen molar-refractivity contribution in [2.24, 2.45) is 0 Å². The minimum atomic E-state index is 0.379. The van der Waals surface area contributed by atoms with Gasteiger partial charge in [-0.25, -0.2) is 0 Å². The summed E-state index contributed by atoms with van der Waals surface area (Å²) in [5.41, 5.74) is 1.47. The van der Waals surface area contributed by atoms with Gasteiger partial charge in [0.25, 0.3) is 0 Å². The highest BCUT2D eigenvalue weighted by Crippen LogP contribution is 2.25. The molecule has 1 aliphatic rings. The van der Waals surface area contributed by atoms with Crippen LogP contribution in [-0.4, -0.2) is 19.3 Å². The molecule has 1 atom stereocenters. The van der Waals surface area contributed by atoms with E-state index in [0.29, 0.717) is 16.6 Å². The van der Waals surface area contributed by atoms with Gasteiger partial charge in [-0.2, -0.15) is 5.26 Å². The zero-order valence-corrected chi connectivity index (χ0v) is 10.3. The lowest BCUT2D eigenvalue weighted by Crippen LogP contribution is -2.19. The van der Waals surface area contributed by atoms with Crippen LogP contribution in [0.25, 0.3) is 0 Å². The van der Waals surface area contributed by atoms with Crippen LogP contribution in [-0.2, 0) is 4.74 Å². The Kier molecular flexibility index (Phi) is 4.24. The summed E-state index contributed by atoms with van der Waals surface area (Å²) in [7, 11) is 0. The molecule has 1 N–H and O–H groups in total. The van der Waals surface area contributed by atoms with Crippen molar-refractivity contribution in [3.05, 3.63) is 28.8 Å². The molecule has 3 nitrogen and oxygen atoms in total. The Morgan fingerprint density at radius 2 is 2.24 bits per heavy atom. The van der Waals surface area contributed by atoms with Gasteiger partial charge in [-0.15, -0.1) is 0 Å². The molecule has 1 aromatic rings. The Hall–Kier alpha value is -1.24. The summed E-state index contributed by atoms with van der Waals surface area (Å²) in [4.78, 5) is 0. The largest absolute Gasteiger partial charge is 0.381 e. The van der Waals surface area contributed by atoms with Crippen molar-refractivity contribution < 1.29 is 4.74 Å². The number of halogens is 1. The summed E-state index contributed by atoms with van der Waals surface area (Å²) < 4.78 is 5.41. The van der Waals surface area contributed by atoms with E-state index in [2.05, 4.69) is 11.4 Å². The van der Waals surface area contributed by atoms with Gasteiger partial charge in [-0.05, 0) is 37.5 Å². The predicted octanol–water partition coefficient (Wildman–Crippen LogP) is 3.19. The van der Waals surface area contributed by atoms with Crippen molar-refractivity contribution in [2.75, 3.05) is 18.5 Å². The monoisotopic (exact) mass is 250 g/mol. The zero-order chi connectivity index (χ0) is 12.1. The van der Waals surface area contributed by atoms with Gasteiger partial charge in [0.15, 0.2) is 0 Å². The van der Waals surface area contributed by atoms with Gasteiger partial charge in [-0.3, -0.25) is 0 Å². The fraction of sp³-hybridized carbons (Fsp3) is 0.462. The molecular formula is C13H15ClN2O. The predicted molar refractivity (Wildman–Crippen MR) is 68.2 cm³/mol. The van der Waals surface area contributed by atoms with E-state index in [4.69, 9.17) is 21.6 Å². The second-order valence-electron chi connectivity index (χ2n) is 4.19. The minimum absolute atomic E-state index is 0.379. The normalized spacial score (nSPS) is 20.4. The van der Waals surface area contributed by atoms with Crippen LogP contribution in [0.4, 0.5) is 5.69 Å². The van der Waals surface area contributed by atoms with Crippen molar-refractivity contribution >= 4 is 17.3 Å². The van der Waals surface area contributed by atoms with Crippen molar-refractivity contribution in [2.45, 2.75) is 25.3 Å². The minimum Gasteiger partial charge on any atom is -0.381 e. The van der Waals surface area contributed by atoms with Crippen LogP contribution in [0.3, 0.4) is 0 Å². The van der Waals surface area contributed by atoms with E-state index in [9.17, 15) is 0 Å². The fourth-order valence-electron chi connectivity index (χ4n) is 1.97. The molecule has 0 amide bonds. The van der Waals surface area contributed by atoms with Crippen molar-refractivity contribution in [1.29, 1.82) is 5.26 Å². The summed E-state index contributed by atoms with van der Waals surface area (Å²) in [6, 6.07) is 7.78. The van der Waals surface area contributed by atoms with E-state index in [1.807, 2.05) is 0 Å². The highest BCUT2D eigenvalue weighted by atomic mass is 35.5. The Balaban J connectivity index is 2.09. The maximum absolute atomic E-state index is 8.86. The molecule has 1 fully saturated rings. The second kappa shape index (κ2) is 5.90. The second-order valence-corrected chi connectivity index (χ2v) is 4.60. The van der Waals surface area contributed by atoms with Crippen LogP contribution >= 0.6 is 11.6 Å². The highest BCUT2D eigenvalue weighted by Gasteiger charge is 2.13. The third-order valence-electron chi connectivity index (χ3n) is 2.91. The average Bonchev–Trinajstić information content (AvgIpc) is 2.60. The summed E-state index contributed by atoms with van der Waals surface area (Å²) in [5.74, 6) is 0. The van der Waals surface area contributed by atoms with E-state index in [0.717, 1.165) is 38.2 Å². The number of hydrogen-bond acceptors (Lipinski definition) is 3. The van der Waals surface area contributed by atoms with E-state index in [1.165, 1.54) is 0 Å². The zero-order valence-electron chi connectivity index (χ0n) is 9.58. The maximum Gasteiger partial charge on any atom is 0.0992 e. The topological polar surface area (TPSA) is 45.0 Å². The number of ether oxygens (including phenoxy) is 1. The summed E-state index contributed by atoms with van der Waals surface area (Å²) >= 11 is 6.11. The number of nitriles is 1. The van der Waals surface area contributed by atoms with Gasteiger partial charge in [0.2, 0.25) is 0 Å². The highest BCUT2D eigenvalue weighted by molar-refractivity contribution is 6.33. The van der Waals surface area contributed by atoms with Crippen LogP contribution in [0.15, 0.2) is 18.2 Å². The Labute approximate surface area is 106 Å². The third-order valence-corrected chi connectivity index (χ3v) is 3.24. The number of hydrogen-bond donors (Lipinski definition) is 1. The van der Waals surface area contributed by atoms with Gasteiger partial charge in [0.05, 0.1) is 22.3 Å². The molecule has 17 heavy (non-hydrogen) atoms. The quantitative estimate of drug-likeness (QED) is 0.877. The first-order valence-corrected chi connectivity index (χ1v) is 6.21. The van der Waals surface area contributed by atoms with Gasteiger partial charge in [0, 0.05) is 19.3 Å². The molecule has 0 aliphatic carbocycles. The number of rotatable bonds is 2. The molecule has 0 bridgehead atoms. The Morgan fingerprint density at radius 3 is 3.06 bits per heavy atom. The lowest BCUT2D eigenvalue weighted by Gasteiger charge is -2.18. The van der Waals surface area contributed by atoms with Gasteiger partial charge in [-0.1, -0.05) is 11.6 Å². The Bertz CT molecular complexity index is 420. The van der Waals surface area contributed by atoms with Gasteiger partial charge in [0.1, 0.15) is 0 Å². The first-order valence-electron chi connectivity index (χ1n) is 5.83. The van der Waals surface area contributed by atoms with Crippen LogP contribution in [0.5, 0.6) is 0 Å². The smallest absolute Gasteiger partial charge is 0.0992 e. The molecule has 4 heteroatoms. The molecule has 1 saturated heterocycles. The summed E-state index contributed by atoms with van der Waals surface area (Å²) in [6.45, 7) is 1.62. The van der Waals surface area contributed by atoms with Gasteiger partial charge < -0.3 is 10.1 Å². The molecule has 1 unspecified atom stereocenters. The molecule has 90 valence electrons. The first-order chi connectivity index (χ1) is 8.29. The van der Waals surface area contributed by atoms with Crippen LogP contribution in [0.1, 0.15) is 24.8 Å². The molecule has 1 aliphatic heterocycles. The van der Waals surface area contributed by atoms with E-state index in [1.54, 1.807) is 18.2 Å². The number of benzene rings is 1. The lowest BCUT2D eigenvalue weighted by molar-refractivity contribution is 0.144. The van der Waals surface area contributed by atoms with Gasteiger partial charge >= 0.3 is 0 Å². The fourth-order valence-corrected chi connectivity index (χ4v) is 2.15. The Morgan fingerprint density at radius 1 is 1.35 bits per heavy atom. The molecule has 1 heterocycles. The number of nitrogens with zero attached hydrogens (tertiary/aromatic N) is 1. The SMILES string of the molecule is N#Cc1ccc(Cl)c(NC2CCCOCC2)c1. The molecular weight excluding hydrogens is 236 g/mol. The number of anilines is 1. The van der Waals surface area contributed by atoms with Crippen molar-refractivity contribution in [1.82, 2.24) is 0 Å². The molecule has 0 spiro atoms. The van der Waals surface area contributed by atoms with E-state index < -0.39 is 0 Å². The van der Waals surface area contributed by atoms with E-state index in [-0.39, 0.29) is 0 Å². The maximum atomic E-state index is 8.86. The standard InChI is InChI=1S/C13H15ClN2O/c14-12-4-3-10(9-15)8-13(12)16-11-2-1-6-17-7-5-11/h3-4,8,11,16H,1-2,5-7H2. The van der Waals surface area contributed by atoms with E-state index >= 15 is 0 Å². The van der Waals surface area contributed by atoms with Crippen molar-refractivity contribution in [3.8, 4) is 6.07 Å². The lowest BCUT2D eigenvalue weighted by atomic mass is 10.1. The van der Waals surface area contributed by atoms with Crippen LogP contribution in [0.2, 0.25) is 5.02 Å². The molecule has 2 rings (SSSR count). The summed E-state index contributed by atoms with van der Waals surface area (Å²) in [5, 5.41) is 12.9. The first kappa shape index (κ1) is 12.2. The van der Waals surface area contributed by atoms with Crippen molar-refractivity contribution in [3.63, 3.8) is 0 Å². The third kappa shape index (κ3) is 3.36. The number of nitrogens with one attached hydrogen (secondary N) is 1. The summed E-state index contributed by atoms with van der Waals surface area (Å²) in [6.07, 6.45) is 3.12. The molecule has 1 aromatic carbocycles. The molecule has 0 radical (unpaired) electrons. The molecule has 0 aromatic heterocycles. The van der Waals surface area contributed by atoms with Crippen LogP contribution < -0.4 is 5.32 Å². The van der Waals surface area contributed by atoms with Crippen LogP contribution in [0, 0.1) is 11.3 Å². The average molecular weight is 251 g/mol. The molecule has 0 saturated carbocycles.